The summed E-state index contributed by atoms with van der Waals surface area (Å²) < 4.78 is 16.0. The second kappa shape index (κ2) is 8.78. The number of methoxy groups -OCH3 is 1. The fourth-order valence-corrected chi connectivity index (χ4v) is 2.28. The van der Waals surface area contributed by atoms with Gasteiger partial charge in [-0.05, 0) is 50.3 Å². The maximum absolute atomic E-state index is 12.5. The van der Waals surface area contributed by atoms with Gasteiger partial charge in [0, 0.05) is 17.7 Å². The van der Waals surface area contributed by atoms with E-state index in [0.717, 1.165) is 0 Å². The Labute approximate surface area is 147 Å². The highest BCUT2D eigenvalue weighted by Gasteiger charge is 2.12. The second-order valence-electron chi connectivity index (χ2n) is 5.15. The lowest BCUT2D eigenvalue weighted by molar-refractivity contribution is 0.104. The molecule has 0 amide bonds. The summed E-state index contributed by atoms with van der Waals surface area (Å²) in [6.45, 7) is 4.68. The number of aromatic hydroxyl groups is 1. The van der Waals surface area contributed by atoms with E-state index in [9.17, 15) is 9.90 Å². The van der Waals surface area contributed by atoms with Crippen LogP contribution in [0.25, 0.3) is 6.08 Å². The Morgan fingerprint density at radius 2 is 1.76 bits per heavy atom. The van der Waals surface area contributed by atoms with Crippen molar-refractivity contribution in [1.82, 2.24) is 0 Å². The van der Waals surface area contributed by atoms with Crippen molar-refractivity contribution in [3.8, 4) is 23.0 Å². The third-order valence-electron chi connectivity index (χ3n) is 3.48. The van der Waals surface area contributed by atoms with Crippen molar-refractivity contribution in [1.29, 1.82) is 0 Å². The molecular weight excluding hydrogens is 320 g/mol. The Balaban J connectivity index is 2.23. The van der Waals surface area contributed by atoms with Gasteiger partial charge in [0.05, 0.1) is 25.9 Å². The maximum Gasteiger partial charge on any atom is 0.189 e. The first-order valence-corrected chi connectivity index (χ1v) is 8.08. The summed E-state index contributed by atoms with van der Waals surface area (Å²) in [4.78, 5) is 12.5. The molecule has 0 aliphatic rings. The molecule has 0 saturated heterocycles. The van der Waals surface area contributed by atoms with Crippen LogP contribution in [0.5, 0.6) is 23.0 Å². The zero-order chi connectivity index (χ0) is 18.2. The lowest BCUT2D eigenvalue weighted by Gasteiger charge is -2.10. The van der Waals surface area contributed by atoms with Crippen LogP contribution < -0.4 is 14.2 Å². The van der Waals surface area contributed by atoms with E-state index in [1.165, 1.54) is 12.1 Å². The van der Waals surface area contributed by atoms with Crippen molar-refractivity contribution in [2.75, 3.05) is 20.3 Å². The lowest BCUT2D eigenvalue weighted by atomic mass is 10.1. The van der Waals surface area contributed by atoms with E-state index >= 15 is 0 Å². The molecular formula is C20H22O5. The van der Waals surface area contributed by atoms with Crippen molar-refractivity contribution in [2.24, 2.45) is 0 Å². The van der Waals surface area contributed by atoms with Crippen molar-refractivity contribution >= 4 is 11.9 Å². The van der Waals surface area contributed by atoms with Crippen LogP contribution >= 0.6 is 0 Å². The minimum absolute atomic E-state index is 0.0507. The molecule has 2 aromatic carbocycles. The van der Waals surface area contributed by atoms with E-state index in [1.807, 2.05) is 13.8 Å². The van der Waals surface area contributed by atoms with Gasteiger partial charge in [-0.1, -0.05) is 0 Å². The normalized spacial score (nSPS) is 10.7. The average molecular weight is 342 g/mol. The molecule has 132 valence electrons. The standard InChI is InChI=1S/C20H22O5/c1-4-24-16-8-6-14(19(22)12-16)7-11-18(21)17-10-9-15(23-3)13-20(17)25-5-2/h6-13,22H,4-5H2,1-3H3. The van der Waals surface area contributed by atoms with Gasteiger partial charge in [0.2, 0.25) is 0 Å². The molecule has 5 nitrogen and oxygen atoms in total. The summed E-state index contributed by atoms with van der Waals surface area (Å²) in [7, 11) is 1.56. The topological polar surface area (TPSA) is 65.0 Å². The van der Waals surface area contributed by atoms with E-state index in [-0.39, 0.29) is 11.5 Å². The highest BCUT2D eigenvalue weighted by molar-refractivity contribution is 6.08. The molecule has 0 bridgehead atoms. The van der Waals surface area contributed by atoms with Gasteiger partial charge in [-0.15, -0.1) is 0 Å². The Morgan fingerprint density at radius 3 is 2.40 bits per heavy atom. The van der Waals surface area contributed by atoms with Gasteiger partial charge < -0.3 is 19.3 Å². The SMILES string of the molecule is CCOc1ccc(C=CC(=O)c2ccc(OC)cc2OCC)c(O)c1. The van der Waals surface area contributed by atoms with Crippen LogP contribution in [-0.4, -0.2) is 31.2 Å². The molecule has 0 fully saturated rings. The van der Waals surface area contributed by atoms with Crippen LogP contribution in [0.3, 0.4) is 0 Å². The van der Waals surface area contributed by atoms with Gasteiger partial charge in [-0.3, -0.25) is 4.79 Å². The Morgan fingerprint density at radius 1 is 1.04 bits per heavy atom. The highest BCUT2D eigenvalue weighted by atomic mass is 16.5. The van der Waals surface area contributed by atoms with Gasteiger partial charge >= 0.3 is 0 Å². The number of hydrogen-bond donors (Lipinski definition) is 1. The maximum atomic E-state index is 12.5. The second-order valence-corrected chi connectivity index (χ2v) is 5.15. The lowest BCUT2D eigenvalue weighted by Crippen LogP contribution is -2.02. The fraction of sp³-hybridized carbons (Fsp3) is 0.250. The number of carbonyl (C=O) groups excluding carboxylic acids is 1. The first-order valence-electron chi connectivity index (χ1n) is 8.08. The summed E-state index contributed by atoms with van der Waals surface area (Å²) in [5, 5.41) is 10.0. The molecule has 1 N–H and O–H groups in total. The van der Waals surface area contributed by atoms with Gasteiger partial charge in [0.15, 0.2) is 5.78 Å². The molecule has 0 aliphatic carbocycles. The van der Waals surface area contributed by atoms with E-state index in [4.69, 9.17) is 14.2 Å². The van der Waals surface area contributed by atoms with Crippen molar-refractivity contribution in [2.45, 2.75) is 13.8 Å². The van der Waals surface area contributed by atoms with Gasteiger partial charge in [-0.2, -0.15) is 0 Å². The fourth-order valence-electron chi connectivity index (χ4n) is 2.28. The monoisotopic (exact) mass is 342 g/mol. The van der Waals surface area contributed by atoms with Gasteiger partial charge in [0.25, 0.3) is 0 Å². The van der Waals surface area contributed by atoms with Crippen LogP contribution in [0.2, 0.25) is 0 Å². The van der Waals surface area contributed by atoms with Crippen LogP contribution in [-0.2, 0) is 0 Å². The van der Waals surface area contributed by atoms with Gasteiger partial charge in [-0.25, -0.2) is 0 Å². The zero-order valence-electron chi connectivity index (χ0n) is 14.6. The number of ketones is 1. The molecule has 0 spiro atoms. The molecule has 0 atom stereocenters. The number of hydrogen-bond acceptors (Lipinski definition) is 5. The molecule has 2 aromatic rings. The number of phenols is 1. The van der Waals surface area contributed by atoms with Crippen LogP contribution in [0.1, 0.15) is 29.8 Å². The number of ether oxygens (including phenoxy) is 3. The summed E-state index contributed by atoms with van der Waals surface area (Å²) >= 11 is 0. The number of rotatable bonds is 8. The minimum atomic E-state index is -0.223. The van der Waals surface area contributed by atoms with Crippen molar-refractivity contribution < 1.29 is 24.1 Å². The molecule has 0 aliphatic heterocycles. The molecule has 0 heterocycles. The molecule has 25 heavy (non-hydrogen) atoms. The largest absolute Gasteiger partial charge is 0.507 e. The predicted molar refractivity (Wildman–Crippen MR) is 96.8 cm³/mol. The first kappa shape index (κ1) is 18.4. The highest BCUT2D eigenvalue weighted by Crippen LogP contribution is 2.27. The summed E-state index contributed by atoms with van der Waals surface area (Å²) in [6, 6.07) is 10.0. The zero-order valence-corrected chi connectivity index (χ0v) is 14.6. The third-order valence-corrected chi connectivity index (χ3v) is 3.48. The number of carbonyl (C=O) groups is 1. The van der Waals surface area contributed by atoms with Crippen LogP contribution in [0, 0.1) is 0 Å². The third kappa shape index (κ3) is 4.76. The van der Waals surface area contributed by atoms with E-state index in [1.54, 1.807) is 43.5 Å². The Kier molecular flexibility index (Phi) is 6.46. The summed E-state index contributed by atoms with van der Waals surface area (Å²) in [5.74, 6) is 1.49. The average Bonchev–Trinajstić information content (AvgIpc) is 2.61. The molecule has 0 saturated carbocycles. The van der Waals surface area contributed by atoms with E-state index in [2.05, 4.69) is 0 Å². The Hall–Kier alpha value is -2.95. The molecule has 0 aromatic heterocycles. The first-order chi connectivity index (χ1) is 12.1. The molecule has 5 heteroatoms. The van der Waals surface area contributed by atoms with Crippen molar-refractivity contribution in [3.63, 3.8) is 0 Å². The van der Waals surface area contributed by atoms with E-state index in [0.29, 0.717) is 41.6 Å². The number of phenolic OH excluding ortho intramolecular Hbond substituents is 1. The summed E-state index contributed by atoms with van der Waals surface area (Å²) in [6.07, 6.45) is 2.97. The van der Waals surface area contributed by atoms with Crippen LogP contribution in [0.4, 0.5) is 0 Å². The smallest absolute Gasteiger partial charge is 0.189 e. The quantitative estimate of drug-likeness (QED) is 0.578. The molecule has 0 radical (unpaired) electrons. The summed E-state index contributed by atoms with van der Waals surface area (Å²) in [5.41, 5.74) is 0.965. The Bertz CT molecular complexity index is 765. The molecule has 2 rings (SSSR count). The predicted octanol–water partition coefficient (Wildman–Crippen LogP) is 4.09. The van der Waals surface area contributed by atoms with E-state index < -0.39 is 0 Å². The van der Waals surface area contributed by atoms with Gasteiger partial charge in [0.1, 0.15) is 23.0 Å². The van der Waals surface area contributed by atoms with Crippen molar-refractivity contribution in [3.05, 3.63) is 53.6 Å². The van der Waals surface area contributed by atoms with Crippen LogP contribution in [0.15, 0.2) is 42.5 Å². The molecule has 0 unspecified atom stereocenters. The number of benzene rings is 2. The number of allylic oxidation sites excluding steroid dienone is 1. The minimum Gasteiger partial charge on any atom is -0.507 e.